The van der Waals surface area contributed by atoms with Crippen molar-refractivity contribution in [3.8, 4) is 0 Å². The van der Waals surface area contributed by atoms with Crippen molar-refractivity contribution in [2.75, 3.05) is 45.3 Å². The van der Waals surface area contributed by atoms with E-state index in [1.54, 1.807) is 0 Å². The van der Waals surface area contributed by atoms with Crippen LogP contribution in [0, 0.1) is 0 Å². The molecule has 1 aromatic heterocycles. The van der Waals surface area contributed by atoms with Crippen LogP contribution in [-0.2, 0) is 11.3 Å². The molecule has 0 radical (unpaired) electrons. The molecule has 5 nitrogen and oxygen atoms in total. The smallest absolute Gasteiger partial charge is 0.126 e. The van der Waals surface area contributed by atoms with E-state index < -0.39 is 0 Å². The lowest BCUT2D eigenvalue weighted by molar-refractivity contribution is 0.0773. The molecule has 0 spiro atoms. The minimum absolute atomic E-state index is 0.0834. The molecule has 18 heavy (non-hydrogen) atoms. The molecule has 0 bridgehead atoms. The molecule has 5 heteroatoms. The molecule has 2 N–H and O–H groups in total. The number of pyridine rings is 1. The molecule has 102 valence electrons. The van der Waals surface area contributed by atoms with Crippen molar-refractivity contribution in [3.63, 3.8) is 0 Å². The summed E-state index contributed by atoms with van der Waals surface area (Å²) in [7, 11) is 2.05. The van der Waals surface area contributed by atoms with Crippen molar-refractivity contribution < 1.29 is 9.84 Å². The van der Waals surface area contributed by atoms with Crippen LogP contribution in [0.2, 0.25) is 0 Å². The van der Waals surface area contributed by atoms with Gasteiger partial charge >= 0.3 is 0 Å². The molecule has 0 aliphatic rings. The fourth-order valence-corrected chi connectivity index (χ4v) is 1.63. The molecule has 0 saturated carbocycles. The van der Waals surface area contributed by atoms with Gasteiger partial charge in [-0.2, -0.15) is 0 Å². The van der Waals surface area contributed by atoms with E-state index in [4.69, 9.17) is 9.84 Å². The van der Waals surface area contributed by atoms with Crippen molar-refractivity contribution >= 4 is 5.82 Å². The van der Waals surface area contributed by atoms with E-state index in [1.807, 2.05) is 12.3 Å². The van der Waals surface area contributed by atoms with Crippen LogP contribution in [0.1, 0.15) is 12.5 Å². The predicted octanol–water partition coefficient (Wildman–Crippen LogP) is 0.954. The van der Waals surface area contributed by atoms with Gasteiger partial charge in [0.2, 0.25) is 0 Å². The summed E-state index contributed by atoms with van der Waals surface area (Å²) in [5.41, 5.74) is 1.23. The Bertz CT molecular complexity index is 334. The van der Waals surface area contributed by atoms with Crippen LogP contribution in [0.25, 0.3) is 0 Å². The van der Waals surface area contributed by atoms with Crippen LogP contribution < -0.4 is 5.32 Å². The van der Waals surface area contributed by atoms with Gasteiger partial charge in [-0.05, 0) is 31.7 Å². The number of aliphatic hydroxyl groups excluding tert-OH is 1. The predicted molar refractivity (Wildman–Crippen MR) is 72.6 cm³/mol. The first-order valence-electron chi connectivity index (χ1n) is 6.32. The highest BCUT2D eigenvalue weighted by Crippen LogP contribution is 2.08. The Morgan fingerprint density at radius 2 is 2.28 bits per heavy atom. The van der Waals surface area contributed by atoms with Gasteiger partial charge in [-0.15, -0.1) is 0 Å². The second-order valence-electron chi connectivity index (χ2n) is 4.15. The van der Waals surface area contributed by atoms with Crippen molar-refractivity contribution in [1.29, 1.82) is 0 Å². The van der Waals surface area contributed by atoms with Crippen LogP contribution >= 0.6 is 0 Å². The number of nitrogens with one attached hydrogen (secondary N) is 1. The fourth-order valence-electron chi connectivity index (χ4n) is 1.63. The summed E-state index contributed by atoms with van der Waals surface area (Å²) in [5.74, 6) is 0.917. The van der Waals surface area contributed by atoms with Crippen LogP contribution in [0.4, 0.5) is 5.82 Å². The highest BCUT2D eigenvalue weighted by molar-refractivity contribution is 5.37. The number of aromatic nitrogens is 1. The van der Waals surface area contributed by atoms with Crippen LogP contribution in [0.15, 0.2) is 18.3 Å². The summed E-state index contributed by atoms with van der Waals surface area (Å²) in [4.78, 5) is 6.42. The summed E-state index contributed by atoms with van der Waals surface area (Å²) < 4.78 is 5.24. The monoisotopic (exact) mass is 253 g/mol. The average molecular weight is 253 g/mol. The third-order valence-electron chi connectivity index (χ3n) is 2.49. The lowest BCUT2D eigenvalue weighted by atomic mass is 10.2. The standard InChI is InChI=1S/C13H23N3O2/c1-3-14-13-10-12(4-5-15-13)11-16(2)6-8-18-9-7-17/h4-5,10,17H,3,6-9,11H2,1-2H3,(H,14,15). The van der Waals surface area contributed by atoms with E-state index in [9.17, 15) is 0 Å². The lowest BCUT2D eigenvalue weighted by Gasteiger charge is -2.17. The van der Waals surface area contributed by atoms with Gasteiger partial charge < -0.3 is 15.2 Å². The highest BCUT2D eigenvalue weighted by Gasteiger charge is 2.01. The van der Waals surface area contributed by atoms with Gasteiger partial charge in [0.05, 0.1) is 19.8 Å². The first-order valence-corrected chi connectivity index (χ1v) is 6.32. The minimum atomic E-state index is 0.0834. The van der Waals surface area contributed by atoms with Gasteiger partial charge in [0.25, 0.3) is 0 Å². The maximum atomic E-state index is 8.60. The number of rotatable bonds is 9. The number of hydrogen-bond acceptors (Lipinski definition) is 5. The number of aliphatic hydroxyl groups is 1. The summed E-state index contributed by atoms with van der Waals surface area (Å²) in [5, 5.41) is 11.8. The minimum Gasteiger partial charge on any atom is -0.394 e. The van der Waals surface area contributed by atoms with E-state index in [0.29, 0.717) is 13.2 Å². The molecule has 0 unspecified atom stereocenters. The topological polar surface area (TPSA) is 57.6 Å². The first-order chi connectivity index (χ1) is 8.76. The molecule has 0 aromatic carbocycles. The van der Waals surface area contributed by atoms with E-state index in [0.717, 1.165) is 25.5 Å². The molecule has 0 aliphatic heterocycles. The van der Waals surface area contributed by atoms with Crippen LogP contribution in [-0.4, -0.2) is 54.9 Å². The second-order valence-corrected chi connectivity index (χ2v) is 4.15. The largest absolute Gasteiger partial charge is 0.394 e. The molecular formula is C13H23N3O2. The Morgan fingerprint density at radius 1 is 1.44 bits per heavy atom. The number of anilines is 1. The molecule has 0 atom stereocenters. The van der Waals surface area contributed by atoms with Gasteiger partial charge in [-0.1, -0.05) is 0 Å². The molecular weight excluding hydrogens is 230 g/mol. The van der Waals surface area contributed by atoms with Gasteiger partial charge in [0, 0.05) is 25.8 Å². The SMILES string of the molecule is CCNc1cc(CN(C)CCOCCO)ccn1. The maximum Gasteiger partial charge on any atom is 0.126 e. The first kappa shape index (κ1) is 14.9. The summed E-state index contributed by atoms with van der Waals surface area (Å²) >= 11 is 0. The Morgan fingerprint density at radius 3 is 3.00 bits per heavy atom. The number of likely N-dealkylation sites (N-methyl/N-ethyl adjacent to an activating group) is 1. The van der Waals surface area contributed by atoms with Gasteiger partial charge in [0.1, 0.15) is 5.82 Å². The Labute approximate surface area is 109 Å². The Hall–Kier alpha value is -1.17. The van der Waals surface area contributed by atoms with Crippen molar-refractivity contribution in [2.45, 2.75) is 13.5 Å². The van der Waals surface area contributed by atoms with Gasteiger partial charge in [-0.25, -0.2) is 4.98 Å². The zero-order chi connectivity index (χ0) is 13.2. The number of ether oxygens (including phenoxy) is 1. The molecule has 0 saturated heterocycles. The number of nitrogens with zero attached hydrogens (tertiary/aromatic N) is 2. The third-order valence-corrected chi connectivity index (χ3v) is 2.49. The maximum absolute atomic E-state index is 8.60. The highest BCUT2D eigenvalue weighted by atomic mass is 16.5. The fraction of sp³-hybridized carbons (Fsp3) is 0.615. The Kier molecular flexibility index (Phi) is 7.32. The van der Waals surface area contributed by atoms with Crippen molar-refractivity contribution in [1.82, 2.24) is 9.88 Å². The summed E-state index contributed by atoms with van der Waals surface area (Å²) in [6, 6.07) is 4.08. The molecule has 1 heterocycles. The summed E-state index contributed by atoms with van der Waals surface area (Å²) in [6.07, 6.45) is 1.82. The second kappa shape index (κ2) is 8.85. The lowest BCUT2D eigenvalue weighted by Crippen LogP contribution is -2.23. The van der Waals surface area contributed by atoms with E-state index in [-0.39, 0.29) is 6.61 Å². The van der Waals surface area contributed by atoms with Crippen LogP contribution in [0.5, 0.6) is 0 Å². The zero-order valence-corrected chi connectivity index (χ0v) is 11.2. The van der Waals surface area contributed by atoms with E-state index in [1.165, 1.54) is 5.56 Å². The molecule has 1 rings (SSSR count). The van der Waals surface area contributed by atoms with Crippen LogP contribution in [0.3, 0.4) is 0 Å². The quantitative estimate of drug-likeness (QED) is 0.642. The molecule has 0 aliphatic carbocycles. The normalized spacial score (nSPS) is 10.9. The number of hydrogen-bond donors (Lipinski definition) is 2. The summed E-state index contributed by atoms with van der Waals surface area (Å²) in [6.45, 7) is 5.78. The average Bonchev–Trinajstić information content (AvgIpc) is 2.35. The third kappa shape index (κ3) is 5.95. The molecule has 1 aromatic rings. The van der Waals surface area contributed by atoms with Gasteiger partial charge in [0.15, 0.2) is 0 Å². The van der Waals surface area contributed by atoms with Crippen molar-refractivity contribution in [2.24, 2.45) is 0 Å². The molecule has 0 amide bonds. The van der Waals surface area contributed by atoms with Gasteiger partial charge in [-0.3, -0.25) is 4.90 Å². The zero-order valence-electron chi connectivity index (χ0n) is 11.2. The Balaban J connectivity index is 2.34. The van der Waals surface area contributed by atoms with E-state index in [2.05, 4.69) is 35.2 Å². The molecule has 0 fully saturated rings. The van der Waals surface area contributed by atoms with E-state index >= 15 is 0 Å². The van der Waals surface area contributed by atoms with Crippen molar-refractivity contribution in [3.05, 3.63) is 23.9 Å².